The summed E-state index contributed by atoms with van der Waals surface area (Å²) in [7, 11) is -3.24. The normalized spacial score (nSPS) is 13.4. The minimum Gasteiger partial charge on any atom is -0.343 e. The second kappa shape index (κ2) is 8.94. The molecule has 0 rings (SSSR count). The van der Waals surface area contributed by atoms with Crippen LogP contribution in [-0.2, 0) is 18.4 Å². The van der Waals surface area contributed by atoms with Crippen molar-refractivity contribution in [2.75, 3.05) is 25.3 Å². The standard InChI is InChI=1S/C9H21N2O4PS/c1-3-14-16(13,15-4-2)7-11-9(12)8(10)5-6-17/h8,17H,3-7,10H2,1-2H3,(H,11,12)/t8-/m0/s1. The number of nitrogens with one attached hydrogen (secondary N) is 1. The van der Waals surface area contributed by atoms with E-state index in [0.29, 0.717) is 12.2 Å². The lowest BCUT2D eigenvalue weighted by atomic mass is 10.2. The monoisotopic (exact) mass is 284 g/mol. The molecule has 8 heteroatoms. The average Bonchev–Trinajstić information content (AvgIpc) is 2.27. The fourth-order valence-corrected chi connectivity index (χ4v) is 2.77. The molecule has 102 valence electrons. The number of amides is 1. The maximum atomic E-state index is 12.0. The van der Waals surface area contributed by atoms with E-state index in [9.17, 15) is 9.36 Å². The molecule has 0 aliphatic carbocycles. The summed E-state index contributed by atoms with van der Waals surface area (Å²) < 4.78 is 22.0. The van der Waals surface area contributed by atoms with Crippen molar-refractivity contribution in [3.8, 4) is 0 Å². The Bertz CT molecular complexity index is 268. The summed E-state index contributed by atoms with van der Waals surface area (Å²) in [5.74, 6) is 0.141. The molecule has 0 spiro atoms. The van der Waals surface area contributed by atoms with Crippen LogP contribution >= 0.6 is 20.2 Å². The number of carbonyl (C=O) groups excluding carboxylic acids is 1. The first-order chi connectivity index (χ1) is 7.99. The van der Waals surface area contributed by atoms with Crippen LogP contribution < -0.4 is 11.1 Å². The zero-order valence-electron chi connectivity index (χ0n) is 10.2. The number of nitrogens with two attached hydrogens (primary N) is 1. The third-order valence-electron chi connectivity index (χ3n) is 1.88. The number of hydrogen-bond donors (Lipinski definition) is 3. The molecule has 0 saturated heterocycles. The minimum absolute atomic E-state index is 0.159. The number of carbonyl (C=O) groups is 1. The number of hydrogen-bond acceptors (Lipinski definition) is 6. The number of rotatable bonds is 9. The van der Waals surface area contributed by atoms with Crippen LogP contribution in [-0.4, -0.2) is 37.2 Å². The number of thiol groups is 1. The lowest BCUT2D eigenvalue weighted by Gasteiger charge is -2.18. The molecule has 0 aromatic carbocycles. The third kappa shape index (κ3) is 7.06. The van der Waals surface area contributed by atoms with E-state index in [2.05, 4.69) is 17.9 Å². The summed E-state index contributed by atoms with van der Waals surface area (Å²) in [6, 6.07) is -0.649. The molecule has 0 bridgehead atoms. The molecule has 0 aromatic heterocycles. The molecular weight excluding hydrogens is 263 g/mol. The zero-order valence-corrected chi connectivity index (χ0v) is 12.0. The van der Waals surface area contributed by atoms with Gasteiger partial charge in [-0.2, -0.15) is 12.6 Å². The Morgan fingerprint density at radius 2 is 1.94 bits per heavy atom. The smallest absolute Gasteiger partial charge is 0.343 e. The predicted octanol–water partition coefficient (Wildman–Crippen LogP) is 0.973. The fourth-order valence-electron chi connectivity index (χ4n) is 1.10. The molecule has 0 saturated carbocycles. The van der Waals surface area contributed by atoms with Crippen LogP contribution in [0.15, 0.2) is 0 Å². The van der Waals surface area contributed by atoms with Gasteiger partial charge in [0.05, 0.1) is 19.3 Å². The van der Waals surface area contributed by atoms with Crippen LogP contribution in [0.4, 0.5) is 0 Å². The van der Waals surface area contributed by atoms with E-state index >= 15 is 0 Å². The van der Waals surface area contributed by atoms with Gasteiger partial charge in [-0.3, -0.25) is 9.36 Å². The first-order valence-electron chi connectivity index (χ1n) is 5.51. The van der Waals surface area contributed by atoms with Crippen LogP contribution in [0.3, 0.4) is 0 Å². The quantitative estimate of drug-likeness (QED) is 0.433. The highest BCUT2D eigenvalue weighted by Crippen LogP contribution is 2.46. The topological polar surface area (TPSA) is 90.7 Å². The molecule has 0 aromatic rings. The van der Waals surface area contributed by atoms with Gasteiger partial charge in [0.15, 0.2) is 0 Å². The van der Waals surface area contributed by atoms with Crippen LogP contribution in [0.5, 0.6) is 0 Å². The molecular formula is C9H21N2O4PS. The van der Waals surface area contributed by atoms with Crippen molar-refractivity contribution in [3.63, 3.8) is 0 Å². The van der Waals surface area contributed by atoms with Crippen molar-refractivity contribution < 1.29 is 18.4 Å². The second-order valence-corrected chi connectivity index (χ2v) is 5.77. The van der Waals surface area contributed by atoms with E-state index < -0.39 is 13.6 Å². The lowest BCUT2D eigenvalue weighted by Crippen LogP contribution is -2.41. The van der Waals surface area contributed by atoms with E-state index in [1.807, 2.05) is 0 Å². The molecule has 3 N–H and O–H groups in total. The highest BCUT2D eigenvalue weighted by Gasteiger charge is 2.25. The molecule has 0 fully saturated rings. The molecule has 0 radical (unpaired) electrons. The summed E-state index contributed by atoms with van der Waals surface area (Å²) >= 11 is 3.98. The lowest BCUT2D eigenvalue weighted by molar-refractivity contribution is -0.122. The average molecular weight is 284 g/mol. The largest absolute Gasteiger partial charge is 0.349 e. The molecule has 0 aliphatic rings. The van der Waals surface area contributed by atoms with Gasteiger partial charge in [-0.25, -0.2) is 0 Å². The minimum atomic E-state index is -3.24. The summed E-state index contributed by atoms with van der Waals surface area (Å²) in [6.45, 7) is 3.94. The first kappa shape index (κ1) is 16.9. The van der Waals surface area contributed by atoms with Gasteiger partial charge in [0.1, 0.15) is 6.29 Å². The summed E-state index contributed by atoms with van der Waals surface area (Å²) in [6.07, 6.45) is 0.302. The van der Waals surface area contributed by atoms with Crippen molar-refractivity contribution >= 4 is 26.1 Å². The van der Waals surface area contributed by atoms with Crippen molar-refractivity contribution in [2.45, 2.75) is 26.3 Å². The van der Waals surface area contributed by atoms with Crippen LogP contribution in [0.25, 0.3) is 0 Å². The maximum absolute atomic E-state index is 12.0. The predicted molar refractivity (Wildman–Crippen MR) is 70.3 cm³/mol. The zero-order chi connectivity index (χ0) is 13.3. The summed E-state index contributed by atoms with van der Waals surface area (Å²) in [5, 5.41) is 2.47. The van der Waals surface area contributed by atoms with Crippen LogP contribution in [0.1, 0.15) is 20.3 Å². The van der Waals surface area contributed by atoms with Gasteiger partial charge in [0.2, 0.25) is 5.91 Å². The Kier molecular flexibility index (Phi) is 8.90. The van der Waals surface area contributed by atoms with Crippen molar-refractivity contribution in [1.29, 1.82) is 0 Å². The second-order valence-electron chi connectivity index (χ2n) is 3.26. The van der Waals surface area contributed by atoms with Gasteiger partial charge < -0.3 is 20.1 Å². The molecule has 0 unspecified atom stereocenters. The molecule has 1 atom stereocenters. The van der Waals surface area contributed by atoms with Gasteiger partial charge >= 0.3 is 7.60 Å². The van der Waals surface area contributed by atoms with Crippen LogP contribution in [0, 0.1) is 0 Å². The van der Waals surface area contributed by atoms with E-state index in [1.165, 1.54) is 0 Å². The van der Waals surface area contributed by atoms with Crippen molar-refractivity contribution in [1.82, 2.24) is 5.32 Å². The SMILES string of the molecule is CCOP(=O)(CNC(=O)[C@@H](N)CCS)OCC. The van der Waals surface area contributed by atoms with Gasteiger partial charge in [0, 0.05) is 0 Å². The Hall–Kier alpha value is -0.0700. The Morgan fingerprint density at radius 1 is 1.41 bits per heavy atom. The van der Waals surface area contributed by atoms with Gasteiger partial charge in [-0.15, -0.1) is 0 Å². The molecule has 17 heavy (non-hydrogen) atoms. The fraction of sp³-hybridized carbons (Fsp3) is 0.889. The summed E-state index contributed by atoms with van der Waals surface area (Å²) in [5.41, 5.74) is 5.57. The van der Waals surface area contributed by atoms with E-state index in [0.717, 1.165) is 0 Å². The molecule has 0 heterocycles. The first-order valence-corrected chi connectivity index (χ1v) is 7.87. The molecule has 0 aliphatic heterocycles. The van der Waals surface area contributed by atoms with Crippen molar-refractivity contribution in [3.05, 3.63) is 0 Å². The Labute approximate surface area is 108 Å². The maximum Gasteiger partial charge on any atom is 0.349 e. The Balaban J connectivity index is 4.21. The molecule has 1 amide bonds. The van der Waals surface area contributed by atoms with Crippen molar-refractivity contribution in [2.24, 2.45) is 5.73 Å². The van der Waals surface area contributed by atoms with E-state index in [-0.39, 0.29) is 25.4 Å². The van der Waals surface area contributed by atoms with Crippen LogP contribution in [0.2, 0.25) is 0 Å². The third-order valence-corrected chi connectivity index (χ3v) is 3.98. The van der Waals surface area contributed by atoms with Gasteiger partial charge in [0.25, 0.3) is 0 Å². The van der Waals surface area contributed by atoms with Gasteiger partial charge in [-0.05, 0) is 26.0 Å². The Morgan fingerprint density at radius 3 is 2.35 bits per heavy atom. The summed E-state index contributed by atoms with van der Waals surface area (Å²) in [4.78, 5) is 11.5. The molecule has 6 nitrogen and oxygen atoms in total. The van der Waals surface area contributed by atoms with Gasteiger partial charge in [-0.1, -0.05) is 0 Å². The van der Waals surface area contributed by atoms with E-state index in [4.69, 9.17) is 14.8 Å². The van der Waals surface area contributed by atoms with E-state index in [1.54, 1.807) is 13.8 Å². The highest BCUT2D eigenvalue weighted by molar-refractivity contribution is 7.80. The highest BCUT2D eigenvalue weighted by atomic mass is 32.1.